The van der Waals surface area contributed by atoms with Gasteiger partial charge in [0.05, 0.1) is 19.0 Å². The third-order valence-electron chi connectivity index (χ3n) is 3.65. The van der Waals surface area contributed by atoms with Gasteiger partial charge in [0.15, 0.2) is 11.6 Å². The van der Waals surface area contributed by atoms with E-state index in [1.54, 1.807) is 4.90 Å². The number of amides is 3. The Morgan fingerprint density at radius 2 is 2.08 bits per heavy atom. The van der Waals surface area contributed by atoms with Crippen LogP contribution in [0.2, 0.25) is 0 Å². The lowest BCUT2D eigenvalue weighted by molar-refractivity contribution is -0.134. The van der Waals surface area contributed by atoms with E-state index < -0.39 is 29.5 Å². The van der Waals surface area contributed by atoms with E-state index in [9.17, 15) is 23.2 Å². The standard InChI is InChI=1S/C15H18F2N4O3/c16-10-2-1-9(5-11(10)17)8-21-4-3-19-15(24)12(21)6-14(23)20-7-13(18)22/h1-2,5,12H,3-4,6-8H2,(H2,18,22)(H,19,24)(H,20,23). The maximum Gasteiger partial charge on any atom is 0.237 e. The zero-order chi connectivity index (χ0) is 17.7. The van der Waals surface area contributed by atoms with E-state index in [2.05, 4.69) is 10.6 Å². The van der Waals surface area contributed by atoms with E-state index in [0.29, 0.717) is 18.7 Å². The molecule has 1 unspecified atom stereocenters. The van der Waals surface area contributed by atoms with Crippen molar-refractivity contribution in [1.29, 1.82) is 0 Å². The number of hydrogen-bond acceptors (Lipinski definition) is 4. The first kappa shape index (κ1) is 17.8. The fourth-order valence-electron chi connectivity index (χ4n) is 2.48. The number of piperazine rings is 1. The first-order valence-electron chi connectivity index (χ1n) is 7.37. The van der Waals surface area contributed by atoms with Crippen LogP contribution in [0.4, 0.5) is 8.78 Å². The van der Waals surface area contributed by atoms with E-state index in [-0.39, 0.29) is 25.4 Å². The highest BCUT2D eigenvalue weighted by molar-refractivity contribution is 5.90. The molecule has 1 fully saturated rings. The predicted molar refractivity (Wildman–Crippen MR) is 80.4 cm³/mol. The normalized spacial score (nSPS) is 18.1. The highest BCUT2D eigenvalue weighted by atomic mass is 19.2. The first-order chi connectivity index (χ1) is 11.4. The van der Waals surface area contributed by atoms with Crippen molar-refractivity contribution < 1.29 is 23.2 Å². The lowest BCUT2D eigenvalue weighted by Crippen LogP contribution is -2.56. The van der Waals surface area contributed by atoms with Gasteiger partial charge in [-0.15, -0.1) is 0 Å². The van der Waals surface area contributed by atoms with Crippen molar-refractivity contribution >= 4 is 17.7 Å². The molecule has 2 rings (SSSR count). The number of rotatable bonds is 6. The fraction of sp³-hybridized carbons (Fsp3) is 0.400. The Kier molecular flexibility index (Phi) is 5.80. The van der Waals surface area contributed by atoms with Crippen LogP contribution < -0.4 is 16.4 Å². The molecule has 9 heteroatoms. The molecule has 0 saturated carbocycles. The first-order valence-corrected chi connectivity index (χ1v) is 7.37. The topological polar surface area (TPSA) is 105 Å². The van der Waals surface area contributed by atoms with Gasteiger partial charge in [-0.05, 0) is 17.7 Å². The maximum absolute atomic E-state index is 13.3. The Morgan fingerprint density at radius 3 is 2.75 bits per heavy atom. The summed E-state index contributed by atoms with van der Waals surface area (Å²) < 4.78 is 26.3. The van der Waals surface area contributed by atoms with Gasteiger partial charge in [0.1, 0.15) is 0 Å². The van der Waals surface area contributed by atoms with Crippen molar-refractivity contribution in [3.63, 3.8) is 0 Å². The molecule has 0 radical (unpaired) electrons. The summed E-state index contributed by atoms with van der Waals surface area (Å²) in [4.78, 5) is 36.2. The second-order valence-corrected chi connectivity index (χ2v) is 5.47. The molecule has 1 heterocycles. The fourth-order valence-corrected chi connectivity index (χ4v) is 2.48. The summed E-state index contributed by atoms with van der Waals surface area (Å²) in [6.07, 6.45) is -0.164. The van der Waals surface area contributed by atoms with Gasteiger partial charge < -0.3 is 16.4 Å². The molecule has 0 bridgehead atoms. The second-order valence-electron chi connectivity index (χ2n) is 5.47. The van der Waals surface area contributed by atoms with Crippen molar-refractivity contribution in [1.82, 2.24) is 15.5 Å². The highest BCUT2D eigenvalue weighted by Crippen LogP contribution is 2.16. The highest BCUT2D eigenvalue weighted by Gasteiger charge is 2.31. The second kappa shape index (κ2) is 7.82. The van der Waals surface area contributed by atoms with Crippen LogP contribution in [0.25, 0.3) is 0 Å². The van der Waals surface area contributed by atoms with Gasteiger partial charge in [0, 0.05) is 19.6 Å². The van der Waals surface area contributed by atoms with E-state index in [4.69, 9.17) is 5.73 Å². The Bertz CT molecular complexity index is 654. The molecule has 1 aromatic carbocycles. The van der Waals surface area contributed by atoms with E-state index in [0.717, 1.165) is 12.1 Å². The molecular weight excluding hydrogens is 322 g/mol. The van der Waals surface area contributed by atoms with Crippen LogP contribution in [0.1, 0.15) is 12.0 Å². The van der Waals surface area contributed by atoms with Gasteiger partial charge in [-0.3, -0.25) is 19.3 Å². The lowest BCUT2D eigenvalue weighted by Gasteiger charge is -2.34. The zero-order valence-corrected chi connectivity index (χ0v) is 12.9. The molecule has 4 N–H and O–H groups in total. The summed E-state index contributed by atoms with van der Waals surface area (Å²) >= 11 is 0. The van der Waals surface area contributed by atoms with E-state index >= 15 is 0 Å². The van der Waals surface area contributed by atoms with Crippen LogP contribution in [0.3, 0.4) is 0 Å². The summed E-state index contributed by atoms with van der Waals surface area (Å²) in [7, 11) is 0. The minimum atomic E-state index is -0.968. The number of carbonyl (C=O) groups excluding carboxylic acids is 3. The summed E-state index contributed by atoms with van der Waals surface area (Å²) in [5.41, 5.74) is 5.44. The maximum atomic E-state index is 13.3. The molecule has 1 aliphatic rings. The number of carbonyl (C=O) groups is 3. The number of benzene rings is 1. The van der Waals surface area contributed by atoms with Gasteiger partial charge in [-0.1, -0.05) is 6.07 Å². The zero-order valence-electron chi connectivity index (χ0n) is 12.9. The van der Waals surface area contributed by atoms with Gasteiger partial charge in [0.2, 0.25) is 17.7 Å². The molecule has 1 atom stereocenters. The van der Waals surface area contributed by atoms with Crippen molar-refractivity contribution in [3.05, 3.63) is 35.4 Å². The largest absolute Gasteiger partial charge is 0.368 e. The van der Waals surface area contributed by atoms with Crippen LogP contribution in [-0.4, -0.2) is 48.3 Å². The number of nitrogens with one attached hydrogen (secondary N) is 2. The molecule has 0 aromatic heterocycles. The molecule has 3 amide bonds. The molecule has 24 heavy (non-hydrogen) atoms. The summed E-state index contributed by atoms with van der Waals surface area (Å²) in [5, 5.41) is 4.97. The number of nitrogens with two attached hydrogens (primary N) is 1. The van der Waals surface area contributed by atoms with Gasteiger partial charge in [-0.2, -0.15) is 0 Å². The smallest absolute Gasteiger partial charge is 0.237 e. The number of halogens is 2. The van der Waals surface area contributed by atoms with Crippen molar-refractivity contribution in [2.45, 2.75) is 19.0 Å². The van der Waals surface area contributed by atoms with Crippen molar-refractivity contribution in [2.75, 3.05) is 19.6 Å². The van der Waals surface area contributed by atoms with E-state index in [1.807, 2.05) is 0 Å². The Labute approximate surface area is 137 Å². The number of hydrogen-bond donors (Lipinski definition) is 3. The third-order valence-corrected chi connectivity index (χ3v) is 3.65. The Balaban J connectivity index is 2.04. The van der Waals surface area contributed by atoms with Crippen LogP contribution >= 0.6 is 0 Å². The third kappa shape index (κ3) is 4.72. The number of primary amides is 1. The Morgan fingerprint density at radius 1 is 1.33 bits per heavy atom. The molecule has 0 spiro atoms. The van der Waals surface area contributed by atoms with Crippen molar-refractivity contribution in [3.8, 4) is 0 Å². The summed E-state index contributed by atoms with van der Waals surface area (Å²) in [6.45, 7) is 0.731. The molecule has 1 saturated heterocycles. The van der Waals surface area contributed by atoms with Crippen LogP contribution in [0, 0.1) is 11.6 Å². The molecule has 1 aliphatic heterocycles. The van der Waals surface area contributed by atoms with E-state index in [1.165, 1.54) is 6.07 Å². The minimum Gasteiger partial charge on any atom is -0.368 e. The van der Waals surface area contributed by atoms with Crippen molar-refractivity contribution in [2.24, 2.45) is 5.73 Å². The SMILES string of the molecule is NC(=O)CNC(=O)CC1C(=O)NCCN1Cc1ccc(F)c(F)c1. The molecule has 1 aromatic rings. The van der Waals surface area contributed by atoms with Crippen LogP contribution in [0.15, 0.2) is 18.2 Å². The summed E-state index contributed by atoms with van der Waals surface area (Å²) in [5.74, 6) is -3.43. The minimum absolute atomic E-state index is 0.164. The quantitative estimate of drug-likeness (QED) is 0.634. The Hall–Kier alpha value is -2.55. The van der Waals surface area contributed by atoms with Crippen LogP contribution in [0.5, 0.6) is 0 Å². The van der Waals surface area contributed by atoms with Gasteiger partial charge in [-0.25, -0.2) is 8.78 Å². The van der Waals surface area contributed by atoms with Crippen LogP contribution in [-0.2, 0) is 20.9 Å². The average molecular weight is 340 g/mol. The average Bonchev–Trinajstić information content (AvgIpc) is 2.52. The number of nitrogens with zero attached hydrogens (tertiary/aromatic N) is 1. The summed E-state index contributed by atoms with van der Waals surface area (Å²) in [6, 6.07) is 2.74. The molecule has 0 aliphatic carbocycles. The molecular formula is C15H18F2N4O3. The molecule has 7 nitrogen and oxygen atoms in total. The monoisotopic (exact) mass is 340 g/mol. The lowest BCUT2D eigenvalue weighted by atomic mass is 10.1. The van der Waals surface area contributed by atoms with Gasteiger partial charge in [0.25, 0.3) is 0 Å². The van der Waals surface area contributed by atoms with Gasteiger partial charge >= 0.3 is 0 Å². The predicted octanol–water partition coefficient (Wildman–Crippen LogP) is -0.743. The molecule has 130 valence electrons.